The summed E-state index contributed by atoms with van der Waals surface area (Å²) in [7, 11) is 0. The number of fused-ring (bicyclic) bond motifs is 1. The predicted molar refractivity (Wildman–Crippen MR) is 106 cm³/mol. The van der Waals surface area contributed by atoms with Crippen LogP contribution in [0.5, 0.6) is 11.5 Å². The molecule has 7 heteroatoms. The molecule has 0 bridgehead atoms. The first-order valence-electron chi connectivity index (χ1n) is 9.67. The van der Waals surface area contributed by atoms with Crippen molar-refractivity contribution in [2.45, 2.75) is 6.54 Å². The van der Waals surface area contributed by atoms with Crippen molar-refractivity contribution in [3.63, 3.8) is 0 Å². The van der Waals surface area contributed by atoms with Crippen molar-refractivity contribution in [2.75, 3.05) is 33.0 Å². The van der Waals surface area contributed by atoms with E-state index in [0.717, 1.165) is 36.7 Å². The molecule has 2 aliphatic heterocycles. The van der Waals surface area contributed by atoms with E-state index < -0.39 is 0 Å². The molecule has 0 N–H and O–H groups in total. The van der Waals surface area contributed by atoms with Gasteiger partial charge in [0.2, 0.25) is 6.79 Å². The number of carbonyl (C=O) groups excluding carboxylic acids is 1. The maximum absolute atomic E-state index is 13.0. The Hall–Kier alpha value is -3.32. The Morgan fingerprint density at radius 2 is 1.76 bits per heavy atom. The van der Waals surface area contributed by atoms with Gasteiger partial charge in [0.05, 0.1) is 0 Å². The van der Waals surface area contributed by atoms with Crippen molar-refractivity contribution < 1.29 is 18.7 Å². The Bertz CT molecular complexity index is 1010. The van der Waals surface area contributed by atoms with E-state index in [2.05, 4.69) is 16.0 Å². The molecule has 0 spiro atoms. The summed E-state index contributed by atoms with van der Waals surface area (Å²) >= 11 is 0. The summed E-state index contributed by atoms with van der Waals surface area (Å²) in [6.07, 6.45) is 1.34. The molecule has 7 nitrogen and oxygen atoms in total. The van der Waals surface area contributed by atoms with E-state index in [4.69, 9.17) is 13.9 Å². The average Bonchev–Trinajstić information content (AvgIpc) is 3.44. The number of rotatable bonds is 4. The Kier molecular flexibility index (Phi) is 4.65. The molecule has 2 aromatic carbocycles. The van der Waals surface area contributed by atoms with Crippen LogP contribution in [-0.4, -0.2) is 53.7 Å². The minimum absolute atomic E-state index is 0.0830. The van der Waals surface area contributed by atoms with Crippen molar-refractivity contribution in [2.24, 2.45) is 0 Å². The first-order chi connectivity index (χ1) is 14.3. The van der Waals surface area contributed by atoms with E-state index in [0.29, 0.717) is 24.5 Å². The zero-order valence-electron chi connectivity index (χ0n) is 15.9. The minimum atomic E-state index is -0.0830. The van der Waals surface area contributed by atoms with E-state index in [1.165, 1.54) is 12.0 Å². The standard InChI is InChI=1S/C22H21N3O4/c26-22(20-21(27-14-23-20)17-4-2-1-3-5-17)25-10-8-24(9-11-25)13-16-6-7-18-19(12-16)29-15-28-18/h1-7,12,14H,8-11,13,15H2. The number of hydrogen-bond donors (Lipinski definition) is 0. The van der Waals surface area contributed by atoms with Crippen LogP contribution in [0.2, 0.25) is 0 Å². The van der Waals surface area contributed by atoms with Crippen LogP contribution < -0.4 is 9.47 Å². The zero-order chi connectivity index (χ0) is 19.6. The van der Waals surface area contributed by atoms with Crippen LogP contribution in [-0.2, 0) is 6.54 Å². The Morgan fingerprint density at radius 1 is 0.966 bits per heavy atom. The van der Waals surface area contributed by atoms with Gasteiger partial charge in [0, 0.05) is 38.3 Å². The third kappa shape index (κ3) is 3.56. The molecule has 0 saturated carbocycles. The lowest BCUT2D eigenvalue weighted by Gasteiger charge is -2.34. The minimum Gasteiger partial charge on any atom is -0.454 e. The van der Waals surface area contributed by atoms with Crippen molar-refractivity contribution in [3.05, 3.63) is 66.2 Å². The van der Waals surface area contributed by atoms with Crippen LogP contribution in [0.1, 0.15) is 16.1 Å². The molecule has 29 heavy (non-hydrogen) atoms. The van der Waals surface area contributed by atoms with Crippen LogP contribution in [0.15, 0.2) is 59.3 Å². The predicted octanol–water partition coefficient (Wildman–Crippen LogP) is 3.03. The van der Waals surface area contributed by atoms with Crippen LogP contribution >= 0.6 is 0 Å². The fourth-order valence-electron chi connectivity index (χ4n) is 3.75. The smallest absolute Gasteiger partial charge is 0.276 e. The maximum atomic E-state index is 13.0. The van der Waals surface area contributed by atoms with Crippen molar-refractivity contribution in [1.29, 1.82) is 0 Å². The van der Waals surface area contributed by atoms with Gasteiger partial charge < -0.3 is 18.8 Å². The lowest BCUT2D eigenvalue weighted by molar-refractivity contribution is 0.0623. The summed E-state index contributed by atoms with van der Waals surface area (Å²) < 4.78 is 16.3. The summed E-state index contributed by atoms with van der Waals surface area (Å²) in [5.41, 5.74) is 2.41. The summed E-state index contributed by atoms with van der Waals surface area (Å²) in [6.45, 7) is 4.02. The normalized spacial score (nSPS) is 16.2. The Balaban J connectivity index is 1.22. The molecule has 0 aliphatic carbocycles. The van der Waals surface area contributed by atoms with E-state index in [-0.39, 0.29) is 12.7 Å². The molecule has 2 aliphatic rings. The Morgan fingerprint density at radius 3 is 2.59 bits per heavy atom. The second-order valence-electron chi connectivity index (χ2n) is 7.15. The Labute approximate surface area is 168 Å². The van der Waals surface area contributed by atoms with Gasteiger partial charge in [0.25, 0.3) is 5.91 Å². The van der Waals surface area contributed by atoms with Gasteiger partial charge in [-0.1, -0.05) is 36.4 Å². The number of oxazole rings is 1. The molecule has 1 amide bonds. The van der Waals surface area contributed by atoms with Gasteiger partial charge in [-0.15, -0.1) is 0 Å². The lowest BCUT2D eigenvalue weighted by Crippen LogP contribution is -2.48. The first kappa shape index (κ1) is 17.8. The van der Waals surface area contributed by atoms with E-state index in [1.54, 1.807) is 0 Å². The van der Waals surface area contributed by atoms with Gasteiger partial charge in [-0.05, 0) is 17.7 Å². The second-order valence-corrected chi connectivity index (χ2v) is 7.15. The maximum Gasteiger partial charge on any atom is 0.276 e. The molecule has 0 atom stereocenters. The van der Waals surface area contributed by atoms with Crippen LogP contribution in [0.25, 0.3) is 11.3 Å². The molecule has 0 radical (unpaired) electrons. The molecule has 1 aromatic heterocycles. The van der Waals surface area contributed by atoms with Gasteiger partial charge >= 0.3 is 0 Å². The number of carbonyl (C=O) groups is 1. The number of ether oxygens (including phenoxy) is 2. The van der Waals surface area contributed by atoms with E-state index in [1.807, 2.05) is 47.4 Å². The number of aromatic nitrogens is 1. The second kappa shape index (κ2) is 7.60. The highest BCUT2D eigenvalue weighted by Gasteiger charge is 2.27. The largest absolute Gasteiger partial charge is 0.454 e. The average molecular weight is 391 g/mol. The third-order valence-electron chi connectivity index (χ3n) is 5.31. The third-order valence-corrected chi connectivity index (χ3v) is 5.31. The highest BCUT2D eigenvalue weighted by molar-refractivity contribution is 5.97. The lowest BCUT2D eigenvalue weighted by atomic mass is 10.1. The van der Waals surface area contributed by atoms with Crippen molar-refractivity contribution >= 4 is 5.91 Å². The summed E-state index contributed by atoms with van der Waals surface area (Å²) in [6, 6.07) is 15.6. The molecule has 3 heterocycles. The van der Waals surface area contributed by atoms with Crippen LogP contribution in [0, 0.1) is 0 Å². The molecular weight excluding hydrogens is 370 g/mol. The fourth-order valence-corrected chi connectivity index (χ4v) is 3.75. The number of piperazine rings is 1. The fraction of sp³-hybridized carbons (Fsp3) is 0.273. The van der Waals surface area contributed by atoms with Crippen LogP contribution in [0.4, 0.5) is 0 Å². The summed E-state index contributed by atoms with van der Waals surface area (Å²) in [5, 5.41) is 0. The highest BCUT2D eigenvalue weighted by atomic mass is 16.7. The molecule has 5 rings (SSSR count). The van der Waals surface area contributed by atoms with Gasteiger partial charge in [-0.25, -0.2) is 4.98 Å². The van der Waals surface area contributed by atoms with Crippen molar-refractivity contribution in [3.8, 4) is 22.8 Å². The molecule has 1 saturated heterocycles. The van der Waals surface area contributed by atoms with Crippen molar-refractivity contribution in [1.82, 2.24) is 14.8 Å². The highest BCUT2D eigenvalue weighted by Crippen LogP contribution is 2.33. The number of benzene rings is 2. The molecular formula is C22H21N3O4. The van der Waals surface area contributed by atoms with Gasteiger partial charge in [0.1, 0.15) is 0 Å². The molecule has 0 unspecified atom stereocenters. The molecule has 3 aromatic rings. The molecule has 148 valence electrons. The van der Waals surface area contributed by atoms with Gasteiger partial charge in [-0.3, -0.25) is 9.69 Å². The zero-order valence-corrected chi connectivity index (χ0v) is 15.9. The number of amides is 1. The monoisotopic (exact) mass is 391 g/mol. The van der Waals surface area contributed by atoms with E-state index >= 15 is 0 Å². The quantitative estimate of drug-likeness (QED) is 0.681. The SMILES string of the molecule is O=C(c1ncoc1-c1ccccc1)N1CCN(Cc2ccc3c(c2)OCO3)CC1. The molecule has 1 fully saturated rings. The van der Waals surface area contributed by atoms with E-state index in [9.17, 15) is 4.79 Å². The summed E-state index contributed by atoms with van der Waals surface area (Å²) in [4.78, 5) is 21.4. The number of nitrogens with zero attached hydrogens (tertiary/aromatic N) is 3. The number of hydrogen-bond acceptors (Lipinski definition) is 6. The van der Waals surface area contributed by atoms with Gasteiger partial charge in [0.15, 0.2) is 29.3 Å². The first-order valence-corrected chi connectivity index (χ1v) is 9.67. The van der Waals surface area contributed by atoms with Crippen LogP contribution in [0.3, 0.4) is 0 Å². The van der Waals surface area contributed by atoms with Gasteiger partial charge in [-0.2, -0.15) is 0 Å². The summed E-state index contributed by atoms with van der Waals surface area (Å²) in [5.74, 6) is 2.04. The topological polar surface area (TPSA) is 68.0 Å².